The van der Waals surface area contributed by atoms with E-state index in [0.717, 1.165) is 12.1 Å². The van der Waals surface area contributed by atoms with Crippen molar-refractivity contribution in [2.45, 2.75) is 26.5 Å². The van der Waals surface area contributed by atoms with Crippen molar-refractivity contribution in [2.24, 2.45) is 4.99 Å². The Morgan fingerprint density at radius 2 is 1.67 bits per heavy atom. The molecule has 7 nitrogen and oxygen atoms in total. The smallest absolute Gasteiger partial charge is 0.203 e. The van der Waals surface area contributed by atoms with Gasteiger partial charge in [0.15, 0.2) is 17.5 Å². The number of nitrogens with one attached hydrogen (secondary N) is 2. The van der Waals surface area contributed by atoms with Crippen molar-refractivity contribution in [3.8, 4) is 23.0 Å². The van der Waals surface area contributed by atoms with Gasteiger partial charge in [0.1, 0.15) is 11.9 Å². The van der Waals surface area contributed by atoms with Crippen LogP contribution >= 0.6 is 11.6 Å². The first-order valence-electron chi connectivity index (χ1n) is 9.74. The topological polar surface area (TPSA) is 73.3 Å². The number of nitrogens with zero attached hydrogens (tertiary/aromatic N) is 1. The van der Waals surface area contributed by atoms with Crippen molar-refractivity contribution in [1.82, 2.24) is 10.6 Å². The fourth-order valence-electron chi connectivity index (χ4n) is 2.78. The molecule has 0 aliphatic rings. The lowest BCUT2D eigenvalue weighted by Crippen LogP contribution is -2.41. The number of rotatable bonds is 10. The highest BCUT2D eigenvalue weighted by atomic mass is 35.5. The summed E-state index contributed by atoms with van der Waals surface area (Å²) in [4.78, 5) is 4.65. The van der Waals surface area contributed by atoms with Crippen molar-refractivity contribution in [3.63, 3.8) is 0 Å². The fourth-order valence-corrected chi connectivity index (χ4v) is 2.96. The minimum Gasteiger partial charge on any atom is -0.493 e. The summed E-state index contributed by atoms with van der Waals surface area (Å²) in [7, 11) is 4.77. The van der Waals surface area contributed by atoms with E-state index >= 15 is 0 Å². The SMILES string of the molecule is CCNC(=NCc1cc(OC)c(OC)c(OC)c1)NCC(C)Oc1ccccc1Cl. The van der Waals surface area contributed by atoms with Gasteiger partial charge in [0.25, 0.3) is 0 Å². The Hall–Kier alpha value is -2.80. The molecule has 0 aliphatic heterocycles. The van der Waals surface area contributed by atoms with Crippen molar-refractivity contribution >= 4 is 17.6 Å². The Morgan fingerprint density at radius 1 is 1.00 bits per heavy atom. The van der Waals surface area contributed by atoms with Crippen LogP contribution in [0, 0.1) is 0 Å². The molecule has 2 N–H and O–H groups in total. The summed E-state index contributed by atoms with van der Waals surface area (Å²) in [6, 6.07) is 11.2. The number of benzene rings is 2. The zero-order valence-electron chi connectivity index (χ0n) is 18.1. The van der Waals surface area contributed by atoms with Gasteiger partial charge in [0, 0.05) is 6.54 Å². The minimum absolute atomic E-state index is 0.102. The Kier molecular flexibility index (Phi) is 9.41. The highest BCUT2D eigenvalue weighted by Gasteiger charge is 2.13. The van der Waals surface area contributed by atoms with E-state index in [1.54, 1.807) is 27.4 Å². The average molecular weight is 436 g/mol. The van der Waals surface area contributed by atoms with Gasteiger partial charge < -0.3 is 29.6 Å². The molecule has 0 fully saturated rings. The zero-order valence-corrected chi connectivity index (χ0v) is 18.9. The van der Waals surface area contributed by atoms with E-state index in [2.05, 4.69) is 15.6 Å². The Bertz CT molecular complexity index is 820. The van der Waals surface area contributed by atoms with E-state index in [0.29, 0.717) is 47.1 Å². The molecule has 2 aromatic rings. The normalized spacial score (nSPS) is 12.1. The standard InChI is InChI=1S/C22H30ClN3O4/c1-6-24-22(25-13-15(2)30-18-10-8-7-9-17(18)23)26-14-16-11-19(27-3)21(29-5)20(12-16)28-4/h7-12,15H,6,13-14H2,1-5H3,(H2,24,25,26). The van der Waals surface area contributed by atoms with Gasteiger partial charge >= 0.3 is 0 Å². The number of aliphatic imine (C=N–C) groups is 1. The lowest BCUT2D eigenvalue weighted by atomic mass is 10.2. The third-order valence-corrected chi connectivity index (χ3v) is 4.52. The number of methoxy groups -OCH3 is 3. The van der Waals surface area contributed by atoms with E-state index in [9.17, 15) is 0 Å². The average Bonchev–Trinajstić information content (AvgIpc) is 2.76. The number of halogens is 1. The van der Waals surface area contributed by atoms with Crippen molar-refractivity contribution in [1.29, 1.82) is 0 Å². The molecule has 0 bridgehead atoms. The number of hydrogen-bond donors (Lipinski definition) is 2. The van der Waals surface area contributed by atoms with Gasteiger partial charge in [0.2, 0.25) is 5.75 Å². The summed E-state index contributed by atoms with van der Waals surface area (Å²) in [5.74, 6) is 3.10. The van der Waals surface area contributed by atoms with Crippen LogP contribution in [0.4, 0.5) is 0 Å². The van der Waals surface area contributed by atoms with Crippen LogP contribution in [-0.4, -0.2) is 46.5 Å². The predicted molar refractivity (Wildman–Crippen MR) is 120 cm³/mol. The van der Waals surface area contributed by atoms with Gasteiger partial charge in [-0.15, -0.1) is 0 Å². The molecular weight excluding hydrogens is 406 g/mol. The summed E-state index contributed by atoms with van der Waals surface area (Å²) in [5, 5.41) is 7.12. The van der Waals surface area contributed by atoms with Crippen LogP contribution in [0.2, 0.25) is 5.02 Å². The van der Waals surface area contributed by atoms with Crippen LogP contribution in [0.3, 0.4) is 0 Å². The van der Waals surface area contributed by atoms with Crippen LogP contribution in [0.1, 0.15) is 19.4 Å². The molecule has 0 amide bonds. The first-order valence-corrected chi connectivity index (χ1v) is 10.1. The second-order valence-corrected chi connectivity index (χ2v) is 6.88. The third kappa shape index (κ3) is 6.62. The Morgan fingerprint density at radius 3 is 2.23 bits per heavy atom. The molecule has 1 atom stereocenters. The quantitative estimate of drug-likeness (QED) is 0.435. The molecular formula is C22H30ClN3O4. The highest BCUT2D eigenvalue weighted by Crippen LogP contribution is 2.38. The second kappa shape index (κ2) is 12.0. The molecule has 2 rings (SSSR count). The molecule has 1 unspecified atom stereocenters. The monoisotopic (exact) mass is 435 g/mol. The molecule has 30 heavy (non-hydrogen) atoms. The van der Waals surface area contributed by atoms with Gasteiger partial charge in [-0.2, -0.15) is 0 Å². The number of ether oxygens (including phenoxy) is 4. The summed E-state index contributed by atoms with van der Waals surface area (Å²) >= 11 is 6.16. The molecule has 0 aliphatic carbocycles. The molecule has 164 valence electrons. The van der Waals surface area contributed by atoms with E-state index in [-0.39, 0.29) is 6.10 Å². The van der Waals surface area contributed by atoms with Crippen LogP contribution in [0.5, 0.6) is 23.0 Å². The maximum absolute atomic E-state index is 6.16. The van der Waals surface area contributed by atoms with Crippen molar-refractivity contribution in [3.05, 3.63) is 47.0 Å². The van der Waals surface area contributed by atoms with Gasteiger partial charge in [-0.3, -0.25) is 0 Å². The lowest BCUT2D eigenvalue weighted by molar-refractivity contribution is 0.224. The van der Waals surface area contributed by atoms with Crippen LogP contribution in [0.15, 0.2) is 41.4 Å². The molecule has 0 heterocycles. The van der Waals surface area contributed by atoms with E-state index in [4.69, 9.17) is 30.5 Å². The maximum atomic E-state index is 6.16. The number of hydrogen-bond acceptors (Lipinski definition) is 5. The molecule has 0 saturated carbocycles. The van der Waals surface area contributed by atoms with Crippen molar-refractivity contribution in [2.75, 3.05) is 34.4 Å². The fraction of sp³-hybridized carbons (Fsp3) is 0.409. The zero-order chi connectivity index (χ0) is 21.9. The summed E-state index contributed by atoms with van der Waals surface area (Å²) in [6.45, 7) is 5.72. The molecule has 0 radical (unpaired) electrons. The van der Waals surface area contributed by atoms with Gasteiger partial charge in [-0.25, -0.2) is 4.99 Å². The molecule has 0 spiro atoms. The summed E-state index contributed by atoms with van der Waals surface area (Å²) in [6.07, 6.45) is -0.102. The summed E-state index contributed by atoms with van der Waals surface area (Å²) < 4.78 is 22.1. The largest absolute Gasteiger partial charge is 0.493 e. The van der Waals surface area contributed by atoms with Crippen LogP contribution < -0.4 is 29.6 Å². The number of para-hydroxylation sites is 1. The van der Waals surface area contributed by atoms with Gasteiger partial charge in [-0.1, -0.05) is 23.7 Å². The van der Waals surface area contributed by atoms with Gasteiger partial charge in [0.05, 0.1) is 39.4 Å². The van der Waals surface area contributed by atoms with E-state index in [1.807, 2.05) is 44.2 Å². The number of guanidine groups is 1. The van der Waals surface area contributed by atoms with E-state index in [1.165, 1.54) is 0 Å². The Labute approximate surface area is 183 Å². The first-order chi connectivity index (χ1) is 14.5. The highest BCUT2D eigenvalue weighted by molar-refractivity contribution is 6.32. The maximum Gasteiger partial charge on any atom is 0.203 e. The van der Waals surface area contributed by atoms with Gasteiger partial charge in [-0.05, 0) is 43.7 Å². The lowest BCUT2D eigenvalue weighted by Gasteiger charge is -2.18. The predicted octanol–water partition coefficient (Wildman–Crippen LogP) is 3.89. The van der Waals surface area contributed by atoms with E-state index < -0.39 is 0 Å². The molecule has 0 saturated heterocycles. The first kappa shape index (κ1) is 23.5. The summed E-state index contributed by atoms with van der Waals surface area (Å²) in [5.41, 5.74) is 0.932. The van der Waals surface area contributed by atoms with Crippen LogP contribution in [-0.2, 0) is 6.54 Å². The van der Waals surface area contributed by atoms with Crippen LogP contribution in [0.25, 0.3) is 0 Å². The third-order valence-electron chi connectivity index (χ3n) is 4.21. The molecule has 2 aromatic carbocycles. The minimum atomic E-state index is -0.102. The van der Waals surface area contributed by atoms with Crippen molar-refractivity contribution < 1.29 is 18.9 Å². The second-order valence-electron chi connectivity index (χ2n) is 6.47. The molecule has 0 aromatic heterocycles. The Balaban J connectivity index is 2.04. The molecule has 8 heteroatoms.